The predicted molar refractivity (Wildman–Crippen MR) is 183 cm³/mol. The summed E-state index contributed by atoms with van der Waals surface area (Å²) in [4.78, 5) is 8.87. The number of nitriles is 2. The summed E-state index contributed by atoms with van der Waals surface area (Å²) >= 11 is 5.59. The average molecular weight is 653 g/mol. The van der Waals surface area contributed by atoms with Gasteiger partial charge in [-0.05, 0) is 84.4 Å². The molecule has 5 rings (SSSR count). The zero-order chi connectivity index (χ0) is 32.7. The number of benzene rings is 3. The average Bonchev–Trinajstić information content (AvgIpc) is 3.52. The molecule has 3 aromatic carbocycles. The summed E-state index contributed by atoms with van der Waals surface area (Å²) < 4.78 is 31.5. The molecule has 0 radical (unpaired) electrons. The van der Waals surface area contributed by atoms with Gasteiger partial charge in [0.15, 0.2) is 5.11 Å². The minimum absolute atomic E-state index is 0.0391. The molecule has 0 spiro atoms. The van der Waals surface area contributed by atoms with E-state index >= 15 is 0 Å². The maximum Gasteiger partial charge on any atom is 0.264 e. The summed E-state index contributed by atoms with van der Waals surface area (Å²) in [5, 5.41) is 22.5. The van der Waals surface area contributed by atoms with Crippen molar-refractivity contribution in [3.8, 4) is 12.1 Å². The summed E-state index contributed by atoms with van der Waals surface area (Å²) in [6.07, 6.45) is 3.34. The van der Waals surface area contributed by atoms with Crippen molar-refractivity contribution in [1.82, 2.24) is 19.8 Å². The molecule has 12 heteroatoms. The lowest BCUT2D eigenvalue weighted by molar-refractivity contribution is 0.378. The molecule has 4 aromatic rings. The first-order valence-corrected chi connectivity index (χ1v) is 16.9. The van der Waals surface area contributed by atoms with E-state index in [0.717, 1.165) is 49.1 Å². The summed E-state index contributed by atoms with van der Waals surface area (Å²) in [6.45, 7) is 8.85. The highest BCUT2D eigenvalue weighted by Gasteiger charge is 2.27. The Balaban J connectivity index is 1.38. The van der Waals surface area contributed by atoms with Crippen molar-refractivity contribution in [2.45, 2.75) is 31.8 Å². The second-order valence-corrected chi connectivity index (χ2v) is 13.8. The van der Waals surface area contributed by atoms with Crippen molar-refractivity contribution in [3.63, 3.8) is 0 Å². The highest BCUT2D eigenvalue weighted by Crippen LogP contribution is 2.29. The van der Waals surface area contributed by atoms with E-state index in [2.05, 4.69) is 40.0 Å². The standard InChI is InChI=1S/C34H36N8O2S2/c1-26(2)21-38-34(45)40-17-15-39(16-18-40)30-9-11-31(12-10-30)42(46(43,44)33-13-7-28(20-36)8-14-33)24-32-22-37-25-41(32)23-29-5-3-27(19-35)4-6-29/h3-14,22,25-26H,15-18,21,23-24H2,1-2H3,(H,38,45). The Morgan fingerprint density at radius 1 is 0.935 bits per heavy atom. The largest absolute Gasteiger partial charge is 0.368 e. The van der Waals surface area contributed by atoms with E-state index in [0.29, 0.717) is 35.0 Å². The third-order valence-corrected chi connectivity index (χ3v) is 10.0. The highest BCUT2D eigenvalue weighted by molar-refractivity contribution is 7.92. The number of nitrogens with one attached hydrogen (secondary N) is 1. The molecule has 0 aliphatic carbocycles. The molecule has 0 unspecified atom stereocenters. The van der Waals surface area contributed by atoms with Crippen molar-refractivity contribution in [2.75, 3.05) is 41.9 Å². The topological polar surface area (TPSA) is 121 Å². The molecule has 1 fully saturated rings. The molecule has 0 atom stereocenters. The van der Waals surface area contributed by atoms with E-state index in [1.54, 1.807) is 24.7 Å². The number of imidazole rings is 1. The predicted octanol–water partition coefficient (Wildman–Crippen LogP) is 4.72. The second kappa shape index (κ2) is 14.5. The fourth-order valence-electron chi connectivity index (χ4n) is 5.20. The van der Waals surface area contributed by atoms with Crippen molar-refractivity contribution in [2.24, 2.45) is 5.92 Å². The molecule has 236 valence electrons. The fourth-order valence-corrected chi connectivity index (χ4v) is 6.90. The van der Waals surface area contributed by atoms with Crippen LogP contribution in [-0.4, -0.2) is 60.7 Å². The van der Waals surface area contributed by atoms with Gasteiger partial charge < -0.3 is 19.7 Å². The molecule has 1 aliphatic heterocycles. The highest BCUT2D eigenvalue weighted by atomic mass is 32.2. The first-order valence-electron chi connectivity index (χ1n) is 15.1. The molecule has 1 saturated heterocycles. The zero-order valence-electron chi connectivity index (χ0n) is 25.9. The molecule has 10 nitrogen and oxygen atoms in total. The van der Waals surface area contributed by atoms with Crippen LogP contribution in [0, 0.1) is 28.6 Å². The van der Waals surface area contributed by atoms with Gasteiger partial charge in [-0.3, -0.25) is 4.31 Å². The number of sulfonamides is 1. The van der Waals surface area contributed by atoms with Gasteiger partial charge in [0.05, 0.1) is 52.4 Å². The van der Waals surface area contributed by atoms with Crippen LogP contribution in [0.2, 0.25) is 0 Å². The first kappa shape index (κ1) is 32.5. The summed E-state index contributed by atoms with van der Waals surface area (Å²) in [5.74, 6) is 0.515. The van der Waals surface area contributed by atoms with Gasteiger partial charge >= 0.3 is 0 Å². The molecule has 1 aromatic heterocycles. The lowest BCUT2D eigenvalue weighted by atomic mass is 10.1. The number of aromatic nitrogens is 2. The molecule has 1 aliphatic rings. The minimum atomic E-state index is -4.01. The van der Waals surface area contributed by atoms with Crippen LogP contribution >= 0.6 is 12.2 Å². The number of hydrogen-bond donors (Lipinski definition) is 1. The Morgan fingerprint density at radius 2 is 1.54 bits per heavy atom. The molecular formula is C34H36N8O2S2. The molecule has 46 heavy (non-hydrogen) atoms. The van der Waals surface area contributed by atoms with Gasteiger partial charge in [-0.25, -0.2) is 13.4 Å². The Kier molecular flexibility index (Phi) is 10.2. The van der Waals surface area contributed by atoms with Gasteiger partial charge in [0, 0.05) is 51.2 Å². The molecule has 0 saturated carbocycles. The van der Waals surface area contributed by atoms with Crippen molar-refractivity contribution in [1.29, 1.82) is 10.5 Å². The Morgan fingerprint density at radius 3 is 2.13 bits per heavy atom. The van der Waals surface area contributed by atoms with Crippen LogP contribution in [0.25, 0.3) is 0 Å². The van der Waals surface area contributed by atoms with E-state index in [1.807, 2.05) is 47.0 Å². The van der Waals surface area contributed by atoms with Gasteiger partial charge in [-0.2, -0.15) is 10.5 Å². The van der Waals surface area contributed by atoms with Crippen LogP contribution in [0.5, 0.6) is 0 Å². The van der Waals surface area contributed by atoms with Gasteiger partial charge in [-0.1, -0.05) is 26.0 Å². The SMILES string of the molecule is CC(C)CNC(=S)N1CCN(c2ccc(N(Cc3cncn3Cc3ccc(C#N)cc3)S(=O)(=O)c3ccc(C#N)cc3)cc2)CC1. The van der Waals surface area contributed by atoms with E-state index < -0.39 is 10.0 Å². The lowest BCUT2D eigenvalue weighted by Crippen LogP contribution is -2.52. The molecule has 1 N–H and O–H groups in total. The van der Waals surface area contributed by atoms with E-state index in [1.165, 1.54) is 28.6 Å². The number of piperazine rings is 1. The van der Waals surface area contributed by atoms with Gasteiger partial charge in [0.1, 0.15) is 0 Å². The Hall–Kier alpha value is -4.91. The number of anilines is 2. The second-order valence-electron chi connectivity index (χ2n) is 11.5. The van der Waals surface area contributed by atoms with Crippen LogP contribution in [0.3, 0.4) is 0 Å². The zero-order valence-corrected chi connectivity index (χ0v) is 27.5. The summed E-state index contributed by atoms with van der Waals surface area (Å²) in [5.41, 5.74) is 4.13. The number of hydrogen-bond acceptors (Lipinski definition) is 7. The van der Waals surface area contributed by atoms with Crippen LogP contribution in [0.1, 0.15) is 36.2 Å². The van der Waals surface area contributed by atoms with Crippen molar-refractivity contribution in [3.05, 3.63) is 108 Å². The van der Waals surface area contributed by atoms with Crippen LogP contribution in [0.4, 0.5) is 11.4 Å². The number of thiocarbonyl (C=S) groups is 1. The van der Waals surface area contributed by atoms with Crippen LogP contribution in [0.15, 0.2) is 90.2 Å². The molecule has 0 bridgehead atoms. The fraction of sp³-hybridized carbons (Fsp3) is 0.294. The van der Waals surface area contributed by atoms with Crippen molar-refractivity contribution < 1.29 is 8.42 Å². The molecular weight excluding hydrogens is 617 g/mol. The third kappa shape index (κ3) is 7.65. The molecule has 0 amide bonds. The maximum atomic E-state index is 14.1. The first-order chi connectivity index (χ1) is 22.2. The lowest BCUT2D eigenvalue weighted by Gasteiger charge is -2.37. The van der Waals surface area contributed by atoms with Gasteiger partial charge in [-0.15, -0.1) is 0 Å². The normalized spacial score (nSPS) is 13.2. The third-order valence-electron chi connectivity index (χ3n) is 7.84. The smallest absolute Gasteiger partial charge is 0.264 e. The van der Waals surface area contributed by atoms with E-state index in [-0.39, 0.29) is 11.4 Å². The van der Waals surface area contributed by atoms with Gasteiger partial charge in [0.2, 0.25) is 0 Å². The van der Waals surface area contributed by atoms with E-state index in [9.17, 15) is 13.7 Å². The maximum absolute atomic E-state index is 14.1. The monoisotopic (exact) mass is 652 g/mol. The Labute approximate surface area is 276 Å². The quantitative estimate of drug-likeness (QED) is 0.243. The van der Waals surface area contributed by atoms with Crippen molar-refractivity contribution >= 4 is 38.7 Å². The number of nitrogens with zero attached hydrogens (tertiary/aromatic N) is 7. The molecule has 2 heterocycles. The van der Waals surface area contributed by atoms with Crippen LogP contribution < -0.4 is 14.5 Å². The minimum Gasteiger partial charge on any atom is -0.368 e. The number of rotatable bonds is 10. The van der Waals surface area contributed by atoms with E-state index in [4.69, 9.17) is 17.5 Å². The summed E-state index contributed by atoms with van der Waals surface area (Å²) in [7, 11) is -4.01. The van der Waals surface area contributed by atoms with Gasteiger partial charge in [0.25, 0.3) is 10.0 Å². The van der Waals surface area contributed by atoms with Crippen LogP contribution in [-0.2, 0) is 23.1 Å². The Bertz CT molecular complexity index is 1830. The summed E-state index contributed by atoms with van der Waals surface area (Å²) in [6, 6.07) is 24.9.